The molecule has 0 bridgehead atoms. The number of hydrogen-bond donors (Lipinski definition) is 0. The van der Waals surface area contributed by atoms with E-state index in [1.807, 2.05) is 103 Å². The van der Waals surface area contributed by atoms with Crippen LogP contribution >= 0.6 is 0 Å². The Morgan fingerprint density at radius 2 is 1.00 bits per heavy atom. The predicted octanol–water partition coefficient (Wildman–Crippen LogP) is 13.1. The molecule has 0 aliphatic carbocycles. The van der Waals surface area contributed by atoms with E-state index >= 15 is 0 Å². The third-order valence-electron chi connectivity index (χ3n) is 10.9. The van der Waals surface area contributed by atoms with Gasteiger partial charge in [0.15, 0.2) is 17.5 Å². The molecule has 8 aromatic carbocycles. The van der Waals surface area contributed by atoms with Gasteiger partial charge in [0.1, 0.15) is 11.2 Å². The topological polar surface area (TPSA) is 80.5 Å². The summed E-state index contributed by atoms with van der Waals surface area (Å²) in [6.45, 7) is 0. The molecule has 0 N–H and O–H groups in total. The molecule has 6 nitrogen and oxygen atoms in total. The molecule has 0 radical (unpaired) electrons. The third-order valence-corrected chi connectivity index (χ3v) is 10.9. The standard InChI is InChI=1S/C52H31N5O/c53-32-37-18-7-8-19-38(37)35-26-28-46-43(30-35)40-20-9-11-24-45(40)57(46)47-29-27-36(39-22-13-23-42-41-21-10-12-25-48(41)58-49(39)42)31-44(47)52-55-50(33-14-3-1-4-15-33)54-51(56-52)34-16-5-2-6-17-34/h1-31H. The number of benzene rings is 8. The second kappa shape index (κ2) is 13.6. The number of nitrogens with zero attached hydrogens (tertiary/aromatic N) is 5. The van der Waals surface area contributed by atoms with Gasteiger partial charge in [-0.1, -0.05) is 146 Å². The summed E-state index contributed by atoms with van der Waals surface area (Å²) in [6.07, 6.45) is 0. The Balaban J connectivity index is 1.21. The van der Waals surface area contributed by atoms with Crippen molar-refractivity contribution in [3.05, 3.63) is 194 Å². The van der Waals surface area contributed by atoms with Crippen molar-refractivity contribution in [1.29, 1.82) is 5.26 Å². The Hall–Kier alpha value is -8.14. The Bertz CT molecular complexity index is 3360. The second-order valence-corrected chi connectivity index (χ2v) is 14.3. The lowest BCUT2D eigenvalue weighted by Crippen LogP contribution is -2.04. The maximum atomic E-state index is 9.96. The number of rotatable bonds is 6. The SMILES string of the molecule is N#Cc1ccccc1-c1ccc2c(c1)c1ccccc1n2-c1ccc(-c2cccc3c2oc2ccccc23)cc1-c1nc(-c2ccccc2)nc(-c2ccccc2)n1. The van der Waals surface area contributed by atoms with Gasteiger partial charge in [-0.15, -0.1) is 0 Å². The smallest absolute Gasteiger partial charge is 0.166 e. The molecule has 3 heterocycles. The normalized spacial score (nSPS) is 11.4. The monoisotopic (exact) mass is 741 g/mol. The van der Waals surface area contributed by atoms with E-state index in [9.17, 15) is 5.26 Å². The number of fused-ring (bicyclic) bond motifs is 6. The van der Waals surface area contributed by atoms with Crippen molar-refractivity contribution in [1.82, 2.24) is 19.5 Å². The molecular weight excluding hydrogens is 711 g/mol. The molecule has 0 aliphatic heterocycles. The van der Waals surface area contributed by atoms with Gasteiger partial charge < -0.3 is 8.98 Å². The summed E-state index contributed by atoms with van der Waals surface area (Å²) in [5.41, 5.74) is 11.8. The Labute approximate surface area is 333 Å². The Kier molecular flexibility index (Phi) is 7.76. The first-order chi connectivity index (χ1) is 28.7. The fraction of sp³-hybridized carbons (Fsp3) is 0. The summed E-state index contributed by atoms with van der Waals surface area (Å²) in [4.78, 5) is 15.5. The minimum atomic E-state index is 0.548. The van der Waals surface area contributed by atoms with Gasteiger partial charge in [-0.25, -0.2) is 15.0 Å². The lowest BCUT2D eigenvalue weighted by molar-refractivity contribution is 0.670. The summed E-state index contributed by atoms with van der Waals surface area (Å²) >= 11 is 0. The molecule has 11 aromatic rings. The van der Waals surface area contributed by atoms with Crippen LogP contribution < -0.4 is 0 Å². The van der Waals surface area contributed by atoms with Crippen LogP contribution in [0, 0.1) is 11.3 Å². The highest BCUT2D eigenvalue weighted by atomic mass is 16.3. The summed E-state index contributed by atoms with van der Waals surface area (Å²) < 4.78 is 8.86. The first-order valence-corrected chi connectivity index (χ1v) is 19.2. The maximum Gasteiger partial charge on any atom is 0.166 e. The van der Waals surface area contributed by atoms with E-state index in [0.717, 1.165) is 88.4 Å². The van der Waals surface area contributed by atoms with Crippen LogP contribution in [0.5, 0.6) is 0 Å². The van der Waals surface area contributed by atoms with Crippen molar-refractivity contribution in [3.8, 4) is 68.2 Å². The average molecular weight is 742 g/mol. The molecule has 0 aliphatic rings. The van der Waals surface area contributed by atoms with Gasteiger partial charge in [0.2, 0.25) is 0 Å². The minimum absolute atomic E-state index is 0.548. The highest BCUT2D eigenvalue weighted by molar-refractivity contribution is 6.12. The van der Waals surface area contributed by atoms with Crippen LogP contribution in [0.4, 0.5) is 0 Å². The van der Waals surface area contributed by atoms with Crippen LogP contribution in [0.3, 0.4) is 0 Å². The largest absolute Gasteiger partial charge is 0.455 e. The highest BCUT2D eigenvalue weighted by Gasteiger charge is 2.22. The molecule has 0 saturated carbocycles. The van der Waals surface area contributed by atoms with Crippen LogP contribution in [-0.2, 0) is 0 Å². The van der Waals surface area contributed by atoms with Crippen LogP contribution in [0.15, 0.2) is 192 Å². The van der Waals surface area contributed by atoms with Crippen molar-refractivity contribution in [2.24, 2.45) is 0 Å². The molecule has 0 spiro atoms. The van der Waals surface area contributed by atoms with Gasteiger partial charge in [-0.2, -0.15) is 5.26 Å². The Morgan fingerprint density at radius 1 is 0.414 bits per heavy atom. The molecule has 58 heavy (non-hydrogen) atoms. The van der Waals surface area contributed by atoms with E-state index in [1.54, 1.807) is 0 Å². The zero-order chi connectivity index (χ0) is 38.6. The lowest BCUT2D eigenvalue weighted by atomic mass is 9.98. The quantitative estimate of drug-likeness (QED) is 0.169. The zero-order valence-electron chi connectivity index (χ0n) is 31.0. The number of aromatic nitrogens is 4. The first-order valence-electron chi connectivity index (χ1n) is 19.2. The highest BCUT2D eigenvalue weighted by Crippen LogP contribution is 2.42. The van der Waals surface area contributed by atoms with Crippen molar-refractivity contribution >= 4 is 43.7 Å². The minimum Gasteiger partial charge on any atom is -0.455 e. The average Bonchev–Trinajstić information content (AvgIpc) is 3.85. The molecule has 0 fully saturated rings. The van der Waals surface area contributed by atoms with Crippen molar-refractivity contribution < 1.29 is 4.42 Å². The van der Waals surface area contributed by atoms with Gasteiger partial charge in [0.25, 0.3) is 0 Å². The van der Waals surface area contributed by atoms with Crippen LogP contribution in [0.25, 0.3) is 106 Å². The molecule has 0 atom stereocenters. The summed E-state index contributed by atoms with van der Waals surface area (Å²) in [6, 6.07) is 66.2. The summed E-state index contributed by atoms with van der Waals surface area (Å²) in [5, 5.41) is 14.3. The van der Waals surface area contributed by atoms with Crippen molar-refractivity contribution in [2.75, 3.05) is 0 Å². The van der Waals surface area contributed by atoms with Crippen molar-refractivity contribution in [3.63, 3.8) is 0 Å². The second-order valence-electron chi connectivity index (χ2n) is 14.3. The van der Waals surface area contributed by atoms with Gasteiger partial charge >= 0.3 is 0 Å². The molecule has 6 heteroatoms. The van der Waals surface area contributed by atoms with Crippen LogP contribution in [0.2, 0.25) is 0 Å². The van der Waals surface area contributed by atoms with E-state index in [4.69, 9.17) is 19.4 Å². The van der Waals surface area contributed by atoms with Gasteiger partial charge in [0, 0.05) is 43.8 Å². The van der Waals surface area contributed by atoms with Crippen LogP contribution in [-0.4, -0.2) is 19.5 Å². The zero-order valence-corrected chi connectivity index (χ0v) is 31.0. The lowest BCUT2D eigenvalue weighted by Gasteiger charge is -2.16. The van der Waals surface area contributed by atoms with Gasteiger partial charge in [-0.3, -0.25) is 0 Å². The van der Waals surface area contributed by atoms with Crippen LogP contribution in [0.1, 0.15) is 5.56 Å². The van der Waals surface area contributed by atoms with Crippen molar-refractivity contribution in [2.45, 2.75) is 0 Å². The van der Waals surface area contributed by atoms with E-state index in [2.05, 4.69) is 95.6 Å². The number of para-hydroxylation sites is 3. The third kappa shape index (κ3) is 5.45. The van der Waals surface area contributed by atoms with E-state index < -0.39 is 0 Å². The van der Waals surface area contributed by atoms with E-state index in [0.29, 0.717) is 23.0 Å². The summed E-state index contributed by atoms with van der Waals surface area (Å²) in [7, 11) is 0. The molecule has 0 unspecified atom stereocenters. The number of furan rings is 1. The number of nitriles is 1. The maximum absolute atomic E-state index is 9.96. The fourth-order valence-electron chi connectivity index (χ4n) is 8.21. The number of hydrogen-bond acceptors (Lipinski definition) is 5. The predicted molar refractivity (Wildman–Crippen MR) is 233 cm³/mol. The Morgan fingerprint density at radius 3 is 1.78 bits per heavy atom. The first kappa shape index (κ1) is 33.2. The van der Waals surface area contributed by atoms with E-state index in [1.165, 1.54) is 0 Å². The van der Waals surface area contributed by atoms with E-state index in [-0.39, 0.29) is 0 Å². The fourth-order valence-corrected chi connectivity index (χ4v) is 8.21. The molecule has 0 saturated heterocycles. The van der Waals surface area contributed by atoms with Gasteiger partial charge in [0.05, 0.1) is 28.4 Å². The van der Waals surface area contributed by atoms with Gasteiger partial charge in [-0.05, 0) is 59.2 Å². The summed E-state index contributed by atoms with van der Waals surface area (Å²) in [5.74, 6) is 1.72. The molecule has 3 aromatic heterocycles. The molecule has 11 rings (SSSR count). The molecular formula is C52H31N5O. The molecule has 0 amide bonds. The molecule has 270 valence electrons.